The molecule has 0 spiro atoms. The van der Waals surface area contributed by atoms with Crippen LogP contribution in [0.5, 0.6) is 0 Å². The van der Waals surface area contributed by atoms with E-state index in [0.717, 1.165) is 13.0 Å². The van der Waals surface area contributed by atoms with Crippen LogP contribution in [0.2, 0.25) is 0 Å². The van der Waals surface area contributed by atoms with Gasteiger partial charge in [0.25, 0.3) is 0 Å². The number of nitrogens with two attached hydrogens (primary N) is 1. The van der Waals surface area contributed by atoms with Gasteiger partial charge in [-0.3, -0.25) is 4.79 Å². The Balaban J connectivity index is 2.08. The molecule has 0 aromatic rings. The van der Waals surface area contributed by atoms with E-state index in [1.54, 1.807) is 0 Å². The van der Waals surface area contributed by atoms with Crippen LogP contribution < -0.4 is 5.73 Å². The van der Waals surface area contributed by atoms with Crippen molar-refractivity contribution in [3.8, 4) is 0 Å². The lowest BCUT2D eigenvalue weighted by Crippen LogP contribution is -2.37. The summed E-state index contributed by atoms with van der Waals surface area (Å²) in [6.45, 7) is 12.5. The molecule has 1 amide bonds. The Morgan fingerprint density at radius 2 is 1.82 bits per heavy atom. The van der Waals surface area contributed by atoms with E-state index in [4.69, 9.17) is 5.73 Å². The first kappa shape index (κ1) is 12.9. The first-order chi connectivity index (χ1) is 7.73. The van der Waals surface area contributed by atoms with E-state index in [0.29, 0.717) is 24.4 Å². The van der Waals surface area contributed by atoms with Crippen LogP contribution in [0.15, 0.2) is 0 Å². The van der Waals surface area contributed by atoms with Gasteiger partial charge in [0.15, 0.2) is 0 Å². The molecule has 2 rings (SSSR count). The van der Waals surface area contributed by atoms with Crippen LogP contribution in [-0.4, -0.2) is 29.9 Å². The molecule has 2 unspecified atom stereocenters. The number of nitrogens with zero attached hydrogens (tertiary/aromatic N) is 1. The summed E-state index contributed by atoms with van der Waals surface area (Å²) >= 11 is 0. The highest BCUT2D eigenvalue weighted by Crippen LogP contribution is 2.69. The van der Waals surface area contributed by atoms with Crippen molar-refractivity contribution >= 4 is 5.91 Å². The summed E-state index contributed by atoms with van der Waals surface area (Å²) in [4.78, 5) is 14.7. The van der Waals surface area contributed by atoms with E-state index in [9.17, 15) is 4.79 Å². The highest BCUT2D eigenvalue weighted by molar-refractivity contribution is 5.84. The van der Waals surface area contributed by atoms with Crippen molar-refractivity contribution in [3.05, 3.63) is 0 Å². The summed E-state index contributed by atoms with van der Waals surface area (Å²) in [5.41, 5.74) is 6.01. The molecule has 3 heteroatoms. The largest absolute Gasteiger partial charge is 0.339 e. The third-order valence-corrected chi connectivity index (χ3v) is 5.55. The van der Waals surface area contributed by atoms with Crippen molar-refractivity contribution in [1.82, 2.24) is 4.90 Å². The van der Waals surface area contributed by atoms with E-state index in [1.165, 1.54) is 0 Å². The number of rotatable bonds is 2. The van der Waals surface area contributed by atoms with Gasteiger partial charge in [0.05, 0.1) is 0 Å². The Kier molecular flexibility index (Phi) is 2.81. The van der Waals surface area contributed by atoms with Crippen molar-refractivity contribution in [3.63, 3.8) is 0 Å². The second-order valence-corrected chi connectivity index (χ2v) is 7.05. The quantitative estimate of drug-likeness (QED) is 0.798. The van der Waals surface area contributed by atoms with Gasteiger partial charge in [-0.15, -0.1) is 0 Å². The van der Waals surface area contributed by atoms with Gasteiger partial charge in [-0.2, -0.15) is 0 Å². The smallest absolute Gasteiger partial charge is 0.227 e. The van der Waals surface area contributed by atoms with Gasteiger partial charge in [0, 0.05) is 18.5 Å². The van der Waals surface area contributed by atoms with Gasteiger partial charge in [-0.1, -0.05) is 27.7 Å². The molecule has 2 atom stereocenters. The molecular weight excluding hydrogens is 212 g/mol. The summed E-state index contributed by atoms with van der Waals surface area (Å²) in [6, 6.07) is 0.364. The summed E-state index contributed by atoms with van der Waals surface area (Å²) in [5.74, 6) is 1.04. The normalized spacial score (nSPS) is 35.1. The molecule has 1 aliphatic carbocycles. The Labute approximate surface area is 105 Å². The second-order valence-electron chi connectivity index (χ2n) is 7.05. The lowest BCUT2D eigenvalue weighted by Gasteiger charge is -2.22. The molecule has 1 saturated heterocycles. The molecule has 1 aliphatic heterocycles. The van der Waals surface area contributed by atoms with Crippen molar-refractivity contribution in [2.45, 2.75) is 47.1 Å². The maximum Gasteiger partial charge on any atom is 0.227 e. The zero-order chi connectivity index (χ0) is 13.0. The molecule has 1 saturated carbocycles. The maximum atomic E-state index is 12.6. The zero-order valence-corrected chi connectivity index (χ0v) is 11.8. The average molecular weight is 238 g/mol. The fraction of sp³-hybridized carbons (Fsp3) is 0.929. The molecule has 0 aromatic carbocycles. The molecule has 2 fully saturated rings. The first-order valence-corrected chi connectivity index (χ1v) is 6.74. The van der Waals surface area contributed by atoms with Crippen LogP contribution >= 0.6 is 0 Å². The SMILES string of the molecule is CC1CC(CN)CN1C(=O)C1C(C)(C)C1(C)C. The Bertz CT molecular complexity index is 321. The van der Waals surface area contributed by atoms with Crippen LogP contribution in [0, 0.1) is 22.7 Å². The van der Waals surface area contributed by atoms with Crippen LogP contribution in [0.25, 0.3) is 0 Å². The Morgan fingerprint density at radius 3 is 2.18 bits per heavy atom. The zero-order valence-electron chi connectivity index (χ0n) is 11.8. The summed E-state index contributed by atoms with van der Waals surface area (Å²) < 4.78 is 0. The molecular formula is C14H26N2O. The lowest BCUT2D eigenvalue weighted by atomic mass is 10.0. The van der Waals surface area contributed by atoms with Gasteiger partial charge >= 0.3 is 0 Å². The van der Waals surface area contributed by atoms with Gasteiger partial charge < -0.3 is 10.6 Å². The van der Waals surface area contributed by atoms with E-state index < -0.39 is 0 Å². The van der Waals surface area contributed by atoms with Crippen molar-refractivity contribution in [2.75, 3.05) is 13.1 Å². The predicted molar refractivity (Wildman–Crippen MR) is 69.4 cm³/mol. The van der Waals surface area contributed by atoms with Crippen molar-refractivity contribution in [1.29, 1.82) is 0 Å². The highest BCUT2D eigenvalue weighted by Gasteiger charge is 2.69. The van der Waals surface area contributed by atoms with E-state index in [-0.39, 0.29) is 16.7 Å². The topological polar surface area (TPSA) is 46.3 Å². The number of carbonyl (C=O) groups excluding carboxylic acids is 1. The number of carbonyl (C=O) groups is 1. The lowest BCUT2D eigenvalue weighted by molar-refractivity contribution is -0.134. The van der Waals surface area contributed by atoms with Gasteiger partial charge in [0.2, 0.25) is 5.91 Å². The average Bonchev–Trinajstić information content (AvgIpc) is 2.55. The van der Waals surface area contributed by atoms with Gasteiger partial charge in [-0.25, -0.2) is 0 Å². The second kappa shape index (κ2) is 3.71. The molecule has 3 nitrogen and oxygen atoms in total. The van der Waals surface area contributed by atoms with Gasteiger partial charge in [-0.05, 0) is 36.6 Å². The molecule has 0 bridgehead atoms. The minimum atomic E-state index is 0.143. The molecule has 17 heavy (non-hydrogen) atoms. The van der Waals surface area contributed by atoms with E-state index in [1.807, 2.05) is 0 Å². The minimum absolute atomic E-state index is 0.143. The third-order valence-electron chi connectivity index (χ3n) is 5.55. The van der Waals surface area contributed by atoms with Crippen LogP contribution in [0.3, 0.4) is 0 Å². The molecule has 0 radical (unpaired) electrons. The van der Waals surface area contributed by atoms with E-state index in [2.05, 4.69) is 39.5 Å². The maximum absolute atomic E-state index is 12.6. The van der Waals surface area contributed by atoms with Crippen LogP contribution in [0.4, 0.5) is 0 Å². The number of hydrogen-bond donors (Lipinski definition) is 1. The van der Waals surface area contributed by atoms with Crippen LogP contribution in [0.1, 0.15) is 41.0 Å². The Hall–Kier alpha value is -0.570. The highest BCUT2D eigenvalue weighted by atomic mass is 16.2. The summed E-state index contributed by atoms with van der Waals surface area (Å²) in [7, 11) is 0. The van der Waals surface area contributed by atoms with Gasteiger partial charge in [0.1, 0.15) is 0 Å². The van der Waals surface area contributed by atoms with Crippen LogP contribution in [-0.2, 0) is 4.79 Å². The first-order valence-electron chi connectivity index (χ1n) is 6.74. The number of amides is 1. The number of hydrogen-bond acceptors (Lipinski definition) is 2. The Morgan fingerprint density at radius 1 is 1.29 bits per heavy atom. The molecule has 0 aromatic heterocycles. The molecule has 2 N–H and O–H groups in total. The number of likely N-dealkylation sites (tertiary alicyclic amines) is 1. The third kappa shape index (κ3) is 1.70. The predicted octanol–water partition coefficient (Wildman–Crippen LogP) is 1.86. The van der Waals surface area contributed by atoms with Crippen molar-refractivity contribution < 1.29 is 4.79 Å². The standard InChI is InChI=1S/C14H26N2O/c1-9-6-10(7-15)8-16(9)12(17)11-13(2,3)14(11,4)5/h9-11H,6-8,15H2,1-5H3. The monoisotopic (exact) mass is 238 g/mol. The molecule has 98 valence electrons. The fourth-order valence-electron chi connectivity index (χ4n) is 3.60. The summed E-state index contributed by atoms with van der Waals surface area (Å²) in [5, 5.41) is 0. The summed E-state index contributed by atoms with van der Waals surface area (Å²) in [6.07, 6.45) is 1.07. The van der Waals surface area contributed by atoms with E-state index >= 15 is 0 Å². The molecule has 2 aliphatic rings. The fourth-order valence-corrected chi connectivity index (χ4v) is 3.60. The molecule has 1 heterocycles. The minimum Gasteiger partial charge on any atom is -0.339 e. The van der Waals surface area contributed by atoms with Crippen molar-refractivity contribution in [2.24, 2.45) is 28.4 Å².